The van der Waals surface area contributed by atoms with Crippen LogP contribution in [0.5, 0.6) is 0 Å². The quantitative estimate of drug-likeness (QED) is 0.862. The molecule has 0 saturated carbocycles. The molecule has 0 fully saturated rings. The molecule has 0 unspecified atom stereocenters. The maximum atomic E-state index is 12.1. The summed E-state index contributed by atoms with van der Waals surface area (Å²) in [5.41, 5.74) is 1.48. The number of nitrogens with one attached hydrogen (secondary N) is 1. The first-order valence-electron chi connectivity index (χ1n) is 5.75. The van der Waals surface area contributed by atoms with Gasteiger partial charge in [0.15, 0.2) is 5.13 Å². The third-order valence-corrected chi connectivity index (χ3v) is 4.30. The zero-order valence-corrected chi connectivity index (χ0v) is 12.1. The number of pyridine rings is 1. The third kappa shape index (κ3) is 2.73. The fourth-order valence-corrected chi connectivity index (χ4v) is 3.51. The molecule has 4 nitrogen and oxygen atoms in total. The van der Waals surface area contributed by atoms with Crippen molar-refractivity contribution in [2.24, 2.45) is 0 Å². The molecule has 0 bridgehead atoms. The number of halogens is 2. The van der Waals surface area contributed by atoms with Crippen LogP contribution in [0.2, 0.25) is 10.3 Å². The van der Waals surface area contributed by atoms with Crippen LogP contribution in [0.4, 0.5) is 5.13 Å². The number of rotatable bonds is 2. The Balaban J connectivity index is 1.80. The summed E-state index contributed by atoms with van der Waals surface area (Å²) in [6, 6.07) is 2.95. The summed E-state index contributed by atoms with van der Waals surface area (Å²) in [7, 11) is 0. The minimum atomic E-state index is -0.279. The van der Waals surface area contributed by atoms with Gasteiger partial charge in [0, 0.05) is 10.4 Å². The molecule has 19 heavy (non-hydrogen) atoms. The number of fused-ring (bicyclic) bond motifs is 1. The molecule has 0 aliphatic heterocycles. The van der Waals surface area contributed by atoms with Gasteiger partial charge in [-0.2, -0.15) is 0 Å². The summed E-state index contributed by atoms with van der Waals surface area (Å²) in [4.78, 5) is 21.5. The molecule has 1 N–H and O–H groups in total. The molecule has 1 aliphatic carbocycles. The first kappa shape index (κ1) is 12.8. The van der Waals surface area contributed by atoms with Crippen molar-refractivity contribution in [2.45, 2.75) is 19.3 Å². The molecule has 2 aromatic rings. The highest BCUT2D eigenvalue weighted by atomic mass is 35.5. The Morgan fingerprint density at radius 2 is 1.95 bits per heavy atom. The van der Waals surface area contributed by atoms with Crippen molar-refractivity contribution in [1.82, 2.24) is 9.97 Å². The van der Waals surface area contributed by atoms with Crippen molar-refractivity contribution in [2.75, 3.05) is 5.32 Å². The van der Waals surface area contributed by atoms with Crippen LogP contribution < -0.4 is 5.32 Å². The van der Waals surface area contributed by atoms with Crippen LogP contribution in [0.15, 0.2) is 12.1 Å². The van der Waals surface area contributed by atoms with Crippen molar-refractivity contribution < 1.29 is 4.79 Å². The number of thiazole rings is 1. The molecule has 0 aromatic carbocycles. The summed E-state index contributed by atoms with van der Waals surface area (Å²) in [5, 5.41) is 3.78. The Morgan fingerprint density at radius 3 is 2.63 bits per heavy atom. The molecule has 2 heterocycles. The Labute approximate surface area is 123 Å². The summed E-state index contributed by atoms with van der Waals surface area (Å²) in [6.45, 7) is 0. The van der Waals surface area contributed by atoms with Gasteiger partial charge in [0.2, 0.25) is 0 Å². The Kier molecular flexibility index (Phi) is 3.43. The number of carbonyl (C=O) groups is 1. The van der Waals surface area contributed by atoms with Crippen molar-refractivity contribution in [3.8, 4) is 0 Å². The van der Waals surface area contributed by atoms with E-state index in [4.69, 9.17) is 23.2 Å². The number of aryl methyl sites for hydroxylation is 2. The van der Waals surface area contributed by atoms with E-state index in [1.807, 2.05) is 0 Å². The van der Waals surface area contributed by atoms with Gasteiger partial charge in [-0.15, -0.1) is 11.3 Å². The average molecular weight is 314 g/mol. The Morgan fingerprint density at radius 1 is 1.21 bits per heavy atom. The fraction of sp³-hybridized carbons (Fsp3) is 0.250. The van der Waals surface area contributed by atoms with Crippen molar-refractivity contribution in [3.05, 3.63) is 38.6 Å². The molecule has 2 aromatic heterocycles. The molecule has 1 aliphatic rings. The fourth-order valence-electron chi connectivity index (χ4n) is 2.01. The van der Waals surface area contributed by atoms with E-state index in [0.29, 0.717) is 10.7 Å². The molecular weight excluding hydrogens is 305 g/mol. The molecule has 7 heteroatoms. The van der Waals surface area contributed by atoms with Gasteiger partial charge in [-0.3, -0.25) is 10.1 Å². The second-order valence-electron chi connectivity index (χ2n) is 4.20. The molecular formula is C12H9Cl2N3OS. The average Bonchev–Trinajstić information content (AvgIpc) is 2.88. The van der Waals surface area contributed by atoms with Crippen LogP contribution >= 0.6 is 34.5 Å². The van der Waals surface area contributed by atoms with E-state index in [-0.39, 0.29) is 16.2 Å². The zero-order valence-electron chi connectivity index (χ0n) is 9.74. The standard InChI is InChI=1S/C12H9Cl2N3OS/c13-9-4-6(5-10(14)16-9)11(18)17-12-15-7-2-1-3-8(7)19-12/h4-5H,1-3H2,(H,15,17,18). The SMILES string of the molecule is O=C(Nc1nc2c(s1)CCC2)c1cc(Cl)nc(Cl)c1. The topological polar surface area (TPSA) is 54.9 Å². The molecule has 0 spiro atoms. The number of hydrogen-bond acceptors (Lipinski definition) is 4. The summed E-state index contributed by atoms with van der Waals surface area (Å²) >= 11 is 13.1. The van der Waals surface area contributed by atoms with E-state index in [0.717, 1.165) is 25.0 Å². The molecule has 98 valence electrons. The van der Waals surface area contributed by atoms with Crippen LogP contribution in [0.3, 0.4) is 0 Å². The van der Waals surface area contributed by atoms with Gasteiger partial charge in [-0.1, -0.05) is 23.2 Å². The number of nitrogens with zero attached hydrogens (tertiary/aromatic N) is 2. The largest absolute Gasteiger partial charge is 0.298 e. The number of carbonyl (C=O) groups excluding carboxylic acids is 1. The second-order valence-corrected chi connectivity index (χ2v) is 6.06. The van der Waals surface area contributed by atoms with Crippen molar-refractivity contribution >= 4 is 45.6 Å². The summed E-state index contributed by atoms with van der Waals surface area (Å²) in [5.74, 6) is -0.279. The molecule has 0 atom stereocenters. The van der Waals surface area contributed by atoms with Crippen LogP contribution in [-0.4, -0.2) is 15.9 Å². The smallest absolute Gasteiger partial charge is 0.257 e. The number of anilines is 1. The Hall–Kier alpha value is -1.17. The predicted octanol–water partition coefficient (Wildman–Crippen LogP) is 3.59. The highest BCUT2D eigenvalue weighted by Crippen LogP contribution is 2.30. The van der Waals surface area contributed by atoms with Gasteiger partial charge < -0.3 is 0 Å². The van der Waals surface area contributed by atoms with Crippen LogP contribution in [0.1, 0.15) is 27.3 Å². The molecule has 0 radical (unpaired) electrons. The van der Waals surface area contributed by atoms with E-state index in [2.05, 4.69) is 15.3 Å². The first-order chi connectivity index (χ1) is 9.11. The van der Waals surface area contributed by atoms with E-state index in [1.165, 1.54) is 28.3 Å². The number of hydrogen-bond donors (Lipinski definition) is 1. The lowest BCUT2D eigenvalue weighted by atomic mass is 10.2. The van der Waals surface area contributed by atoms with Gasteiger partial charge in [0.05, 0.1) is 5.69 Å². The predicted molar refractivity (Wildman–Crippen MR) is 76.3 cm³/mol. The van der Waals surface area contributed by atoms with E-state index < -0.39 is 0 Å². The monoisotopic (exact) mass is 313 g/mol. The number of aromatic nitrogens is 2. The van der Waals surface area contributed by atoms with Crippen molar-refractivity contribution in [3.63, 3.8) is 0 Å². The van der Waals surface area contributed by atoms with E-state index in [1.54, 1.807) is 0 Å². The van der Waals surface area contributed by atoms with Crippen LogP contribution in [0, 0.1) is 0 Å². The van der Waals surface area contributed by atoms with Gasteiger partial charge >= 0.3 is 0 Å². The second kappa shape index (κ2) is 5.07. The highest BCUT2D eigenvalue weighted by molar-refractivity contribution is 7.16. The Bertz CT molecular complexity index is 615. The molecule has 1 amide bonds. The van der Waals surface area contributed by atoms with E-state index in [9.17, 15) is 4.79 Å². The zero-order chi connectivity index (χ0) is 13.4. The maximum Gasteiger partial charge on any atom is 0.257 e. The molecule has 3 rings (SSSR count). The van der Waals surface area contributed by atoms with Crippen LogP contribution in [-0.2, 0) is 12.8 Å². The normalized spacial score (nSPS) is 13.4. The maximum absolute atomic E-state index is 12.1. The highest BCUT2D eigenvalue weighted by Gasteiger charge is 2.18. The lowest BCUT2D eigenvalue weighted by Gasteiger charge is -2.02. The lowest BCUT2D eigenvalue weighted by molar-refractivity contribution is 0.102. The van der Waals surface area contributed by atoms with Gasteiger partial charge in [0.1, 0.15) is 10.3 Å². The summed E-state index contributed by atoms with van der Waals surface area (Å²) < 4.78 is 0. The summed E-state index contributed by atoms with van der Waals surface area (Å²) in [6.07, 6.45) is 3.20. The minimum absolute atomic E-state index is 0.194. The van der Waals surface area contributed by atoms with Crippen LogP contribution in [0.25, 0.3) is 0 Å². The van der Waals surface area contributed by atoms with Gasteiger partial charge in [-0.25, -0.2) is 9.97 Å². The third-order valence-electron chi connectivity index (χ3n) is 2.84. The first-order valence-corrected chi connectivity index (χ1v) is 7.32. The molecule has 0 saturated heterocycles. The lowest BCUT2D eigenvalue weighted by Crippen LogP contribution is -2.12. The van der Waals surface area contributed by atoms with E-state index >= 15 is 0 Å². The van der Waals surface area contributed by atoms with Gasteiger partial charge in [-0.05, 0) is 31.4 Å². The van der Waals surface area contributed by atoms with Gasteiger partial charge in [0.25, 0.3) is 5.91 Å². The number of amides is 1. The minimum Gasteiger partial charge on any atom is -0.298 e. The van der Waals surface area contributed by atoms with Crippen molar-refractivity contribution in [1.29, 1.82) is 0 Å².